The fourth-order valence-electron chi connectivity index (χ4n) is 2.76. The number of hydrogen-bond donors (Lipinski definition) is 0. The number of nitrogens with zero attached hydrogens (tertiary/aromatic N) is 3. The first kappa shape index (κ1) is 20.9. The van der Waals surface area contributed by atoms with Gasteiger partial charge in [0.1, 0.15) is 11.5 Å². The molecule has 1 amide bonds. The highest BCUT2D eigenvalue weighted by atomic mass is 32.2. The first-order valence-corrected chi connectivity index (χ1v) is 10.4. The molecule has 0 bridgehead atoms. The lowest BCUT2D eigenvalue weighted by atomic mass is 10.1. The number of ether oxygens (including phenoxy) is 2. The average Bonchev–Trinajstić information content (AvgIpc) is 3.06. The second kappa shape index (κ2) is 9.60. The summed E-state index contributed by atoms with van der Waals surface area (Å²) in [5, 5.41) is 9.31. The maximum absolute atomic E-state index is 12.3. The Bertz CT molecular complexity index is 906. The van der Waals surface area contributed by atoms with E-state index in [9.17, 15) is 4.79 Å². The van der Waals surface area contributed by atoms with Gasteiger partial charge in [-0.1, -0.05) is 23.9 Å². The van der Waals surface area contributed by atoms with E-state index < -0.39 is 0 Å². The predicted molar refractivity (Wildman–Crippen MR) is 118 cm³/mol. The van der Waals surface area contributed by atoms with Crippen molar-refractivity contribution in [3.05, 3.63) is 59.7 Å². The van der Waals surface area contributed by atoms with E-state index in [0.29, 0.717) is 17.5 Å². The maximum Gasteiger partial charge on any atom is 0.239 e. The SMILES string of the molecule is COc1ccc(CN2C(=O)CS/C2=N/N=C(\C)c2ccc(OC(C)C)cc2)cc1. The summed E-state index contributed by atoms with van der Waals surface area (Å²) in [5.41, 5.74) is 2.75. The molecular weight excluding hydrogens is 386 g/mol. The maximum atomic E-state index is 12.3. The minimum absolute atomic E-state index is 0.0348. The number of carbonyl (C=O) groups is 1. The summed E-state index contributed by atoms with van der Waals surface area (Å²) >= 11 is 1.41. The van der Waals surface area contributed by atoms with Crippen LogP contribution < -0.4 is 9.47 Å². The van der Waals surface area contributed by atoms with Gasteiger partial charge in [-0.05, 0) is 68.3 Å². The summed E-state index contributed by atoms with van der Waals surface area (Å²) in [7, 11) is 1.63. The van der Waals surface area contributed by atoms with Crippen LogP contribution in [0, 0.1) is 0 Å². The molecule has 1 aliphatic rings. The standard InChI is InChI=1S/C22H25N3O3S/c1-15(2)28-20-11-7-18(8-12-20)16(3)23-24-22-25(21(26)14-29-22)13-17-5-9-19(27-4)10-6-17/h5-12,15H,13-14H2,1-4H3/b23-16+,24-22+. The second-order valence-electron chi connectivity index (χ2n) is 6.88. The molecule has 2 aromatic carbocycles. The smallest absolute Gasteiger partial charge is 0.239 e. The summed E-state index contributed by atoms with van der Waals surface area (Å²) in [6.07, 6.45) is 0.135. The molecule has 152 valence electrons. The molecule has 29 heavy (non-hydrogen) atoms. The van der Waals surface area contributed by atoms with Crippen LogP contribution in [0.1, 0.15) is 31.9 Å². The van der Waals surface area contributed by atoms with Gasteiger partial charge in [0, 0.05) is 0 Å². The fraction of sp³-hybridized carbons (Fsp3) is 0.318. The van der Waals surface area contributed by atoms with Crippen LogP contribution in [0.4, 0.5) is 0 Å². The normalized spacial score (nSPS) is 16.0. The number of thioether (sulfide) groups is 1. The van der Waals surface area contributed by atoms with Crippen LogP contribution in [0.25, 0.3) is 0 Å². The Kier molecular flexibility index (Phi) is 6.93. The van der Waals surface area contributed by atoms with Gasteiger partial charge in [-0.25, -0.2) is 0 Å². The number of carbonyl (C=O) groups excluding carboxylic acids is 1. The van der Waals surface area contributed by atoms with Crippen molar-refractivity contribution < 1.29 is 14.3 Å². The first-order chi connectivity index (χ1) is 14.0. The Balaban J connectivity index is 1.72. The van der Waals surface area contributed by atoms with Gasteiger partial charge in [0.2, 0.25) is 5.91 Å². The largest absolute Gasteiger partial charge is 0.497 e. The molecule has 0 radical (unpaired) electrons. The van der Waals surface area contributed by atoms with E-state index in [1.54, 1.807) is 12.0 Å². The Morgan fingerprint density at radius 3 is 2.38 bits per heavy atom. The summed E-state index contributed by atoms with van der Waals surface area (Å²) < 4.78 is 10.8. The van der Waals surface area contributed by atoms with Crippen LogP contribution in [0.3, 0.4) is 0 Å². The molecule has 1 saturated heterocycles. The highest BCUT2D eigenvalue weighted by molar-refractivity contribution is 8.15. The summed E-state index contributed by atoms with van der Waals surface area (Å²) in [4.78, 5) is 14.0. The van der Waals surface area contributed by atoms with Crippen LogP contribution in [-0.2, 0) is 11.3 Å². The van der Waals surface area contributed by atoms with E-state index in [1.165, 1.54) is 11.8 Å². The highest BCUT2D eigenvalue weighted by Crippen LogP contribution is 2.23. The van der Waals surface area contributed by atoms with Gasteiger partial charge in [0.05, 0.1) is 31.2 Å². The molecule has 1 heterocycles. The molecule has 0 unspecified atom stereocenters. The minimum Gasteiger partial charge on any atom is -0.497 e. The molecule has 2 aromatic rings. The highest BCUT2D eigenvalue weighted by Gasteiger charge is 2.28. The van der Waals surface area contributed by atoms with Crippen molar-refractivity contribution in [2.45, 2.75) is 33.4 Å². The van der Waals surface area contributed by atoms with Crippen molar-refractivity contribution in [3.8, 4) is 11.5 Å². The second-order valence-corrected chi connectivity index (χ2v) is 7.82. The number of rotatable bonds is 7. The van der Waals surface area contributed by atoms with E-state index in [1.807, 2.05) is 69.3 Å². The molecular formula is C22H25N3O3S. The molecule has 0 atom stereocenters. The Morgan fingerprint density at radius 2 is 1.76 bits per heavy atom. The molecule has 1 aliphatic heterocycles. The first-order valence-electron chi connectivity index (χ1n) is 9.41. The molecule has 6 nitrogen and oxygen atoms in total. The molecule has 0 saturated carbocycles. The summed E-state index contributed by atoms with van der Waals surface area (Å²) in [5.74, 6) is 2.03. The van der Waals surface area contributed by atoms with Gasteiger partial charge >= 0.3 is 0 Å². The van der Waals surface area contributed by atoms with E-state index >= 15 is 0 Å². The average molecular weight is 412 g/mol. The molecule has 0 spiro atoms. The zero-order valence-corrected chi connectivity index (χ0v) is 17.9. The fourth-order valence-corrected chi connectivity index (χ4v) is 3.59. The van der Waals surface area contributed by atoms with Crippen LogP contribution >= 0.6 is 11.8 Å². The molecule has 0 aliphatic carbocycles. The van der Waals surface area contributed by atoms with Gasteiger partial charge in [-0.3, -0.25) is 9.69 Å². The van der Waals surface area contributed by atoms with E-state index in [2.05, 4.69) is 10.2 Å². The zero-order chi connectivity index (χ0) is 20.8. The van der Waals surface area contributed by atoms with Crippen molar-refractivity contribution in [2.75, 3.05) is 12.9 Å². The third-order valence-corrected chi connectivity index (χ3v) is 5.24. The minimum atomic E-state index is 0.0348. The monoisotopic (exact) mass is 411 g/mol. The van der Waals surface area contributed by atoms with E-state index in [0.717, 1.165) is 28.3 Å². The molecule has 3 rings (SSSR count). The van der Waals surface area contributed by atoms with Crippen molar-refractivity contribution >= 4 is 28.5 Å². The molecule has 0 aromatic heterocycles. The lowest BCUT2D eigenvalue weighted by Gasteiger charge is -2.15. The van der Waals surface area contributed by atoms with Crippen LogP contribution in [-0.4, -0.2) is 40.7 Å². The number of hydrogen-bond acceptors (Lipinski definition) is 6. The Hall–Kier alpha value is -2.80. The van der Waals surface area contributed by atoms with Gasteiger partial charge in [-0.15, -0.1) is 5.10 Å². The summed E-state index contributed by atoms with van der Waals surface area (Å²) in [6, 6.07) is 15.4. The number of methoxy groups -OCH3 is 1. The van der Waals surface area contributed by atoms with E-state index in [4.69, 9.17) is 9.47 Å². The van der Waals surface area contributed by atoms with E-state index in [-0.39, 0.29) is 12.0 Å². The van der Waals surface area contributed by atoms with Crippen LogP contribution in [0.15, 0.2) is 58.7 Å². The summed E-state index contributed by atoms with van der Waals surface area (Å²) in [6.45, 7) is 6.35. The molecule has 0 N–H and O–H groups in total. The number of benzene rings is 2. The quantitative estimate of drug-likeness (QED) is 0.502. The molecule has 1 fully saturated rings. The predicted octanol–water partition coefficient (Wildman–Crippen LogP) is 4.34. The van der Waals surface area contributed by atoms with Crippen LogP contribution in [0.2, 0.25) is 0 Å². The van der Waals surface area contributed by atoms with Gasteiger partial charge in [0.25, 0.3) is 0 Å². The van der Waals surface area contributed by atoms with Crippen molar-refractivity contribution in [1.82, 2.24) is 4.90 Å². The van der Waals surface area contributed by atoms with Gasteiger partial charge in [0.15, 0.2) is 5.17 Å². The number of amides is 1. The van der Waals surface area contributed by atoms with Crippen molar-refractivity contribution in [3.63, 3.8) is 0 Å². The third-order valence-electron chi connectivity index (χ3n) is 4.29. The van der Waals surface area contributed by atoms with Gasteiger partial charge in [-0.2, -0.15) is 5.10 Å². The third kappa shape index (κ3) is 5.60. The topological polar surface area (TPSA) is 63.5 Å². The van der Waals surface area contributed by atoms with Crippen molar-refractivity contribution in [1.29, 1.82) is 0 Å². The molecule has 7 heteroatoms. The number of amidine groups is 1. The lowest BCUT2D eigenvalue weighted by molar-refractivity contribution is -0.124. The Labute approximate surface area is 175 Å². The van der Waals surface area contributed by atoms with Crippen LogP contribution in [0.5, 0.6) is 11.5 Å². The lowest BCUT2D eigenvalue weighted by Crippen LogP contribution is -2.28. The van der Waals surface area contributed by atoms with Gasteiger partial charge < -0.3 is 9.47 Å². The van der Waals surface area contributed by atoms with Crippen molar-refractivity contribution in [2.24, 2.45) is 10.2 Å². The zero-order valence-electron chi connectivity index (χ0n) is 17.1. The Morgan fingerprint density at radius 1 is 1.10 bits per heavy atom.